The molecule has 1 N–H and O–H groups in total. The van der Waals surface area contributed by atoms with Crippen LogP contribution in [0.15, 0.2) is 91.8 Å². The second-order valence-corrected chi connectivity index (χ2v) is 13.7. The normalized spacial score (nSPS) is 14.3. The van der Waals surface area contributed by atoms with Crippen LogP contribution in [-0.4, -0.2) is 44.4 Å². The van der Waals surface area contributed by atoms with Crippen LogP contribution in [0.3, 0.4) is 0 Å². The summed E-state index contributed by atoms with van der Waals surface area (Å²) in [6, 6.07) is 15.9. The molecule has 0 spiro atoms. The van der Waals surface area contributed by atoms with Crippen molar-refractivity contribution in [1.82, 2.24) is 19.7 Å². The number of carbonyl (C=O) groups excluding carboxylic acids is 1. The number of halogens is 2. The first-order valence-electron chi connectivity index (χ1n) is 15.3. The van der Waals surface area contributed by atoms with E-state index in [0.29, 0.717) is 66.5 Å². The Bertz CT molecular complexity index is 2350. The van der Waals surface area contributed by atoms with Gasteiger partial charge in [0.2, 0.25) is 5.16 Å². The summed E-state index contributed by atoms with van der Waals surface area (Å²) in [4.78, 5) is 49.2. The lowest BCUT2D eigenvalue weighted by molar-refractivity contribution is -0.387. The maximum absolute atomic E-state index is 14.2. The average molecular weight is 752 g/mol. The number of nitrogens with zero attached hydrogens (tertiary/aromatic N) is 5. The van der Waals surface area contributed by atoms with Gasteiger partial charge < -0.3 is 9.47 Å². The first-order chi connectivity index (χ1) is 24.1. The van der Waals surface area contributed by atoms with Crippen molar-refractivity contribution in [2.24, 2.45) is 4.99 Å². The summed E-state index contributed by atoms with van der Waals surface area (Å²) in [5.74, 6) is 0.303. The van der Waals surface area contributed by atoms with Gasteiger partial charge in [0.05, 0.1) is 44.4 Å². The highest BCUT2D eigenvalue weighted by Crippen LogP contribution is 2.38. The van der Waals surface area contributed by atoms with Crippen molar-refractivity contribution in [3.63, 3.8) is 0 Å². The Balaban J connectivity index is 1.42. The molecule has 1 atom stereocenters. The average Bonchev–Trinajstić information content (AvgIpc) is 3.68. The zero-order valence-corrected chi connectivity index (χ0v) is 30.0. The van der Waals surface area contributed by atoms with Gasteiger partial charge in [0.15, 0.2) is 10.6 Å². The van der Waals surface area contributed by atoms with Crippen LogP contribution < -0.4 is 19.6 Å². The number of nitro benzene ring substituents is 1. The highest BCUT2D eigenvalue weighted by molar-refractivity contribution is 7.99. The molecular weight excluding hydrogens is 723 g/mol. The molecule has 1 aliphatic rings. The third kappa shape index (κ3) is 6.97. The van der Waals surface area contributed by atoms with Gasteiger partial charge in [-0.1, -0.05) is 72.1 Å². The summed E-state index contributed by atoms with van der Waals surface area (Å²) in [5, 5.41) is 20.3. The lowest BCUT2D eigenvalue weighted by atomic mass is 9.93. The van der Waals surface area contributed by atoms with Crippen molar-refractivity contribution >= 4 is 64.0 Å². The van der Waals surface area contributed by atoms with Crippen molar-refractivity contribution in [3.05, 3.63) is 123 Å². The number of hydrogen-bond acceptors (Lipinski definition) is 11. The first kappa shape index (κ1) is 35.1. The molecule has 5 aromatic rings. The Kier molecular flexibility index (Phi) is 10.5. The van der Waals surface area contributed by atoms with E-state index in [1.165, 1.54) is 17.7 Å². The molecule has 1 aliphatic heterocycles. The van der Waals surface area contributed by atoms with Crippen LogP contribution in [0, 0.1) is 10.1 Å². The van der Waals surface area contributed by atoms with Gasteiger partial charge in [-0.05, 0) is 67.1 Å². The zero-order valence-electron chi connectivity index (χ0n) is 26.8. The van der Waals surface area contributed by atoms with Gasteiger partial charge in [0, 0.05) is 22.2 Å². The van der Waals surface area contributed by atoms with Crippen LogP contribution in [0.1, 0.15) is 43.9 Å². The molecule has 0 saturated heterocycles. The minimum Gasteiger partial charge on any atom is -0.496 e. The topological polar surface area (TPSA) is 155 Å². The molecule has 0 bridgehead atoms. The smallest absolute Gasteiger partial charge is 0.338 e. The fraction of sp³-hybridized carbons (Fsp3) is 0.206. The molecule has 0 aliphatic carbocycles. The molecule has 0 unspecified atom stereocenters. The number of carbonyl (C=O) groups is 1. The number of esters is 1. The SMILES string of the molecule is CCCC1=C(C(=O)OCC)[C@@H](c2ccccc2OC)n2c(s/c(=C/c3ccc(Sc4n[nH]c(-c5ccc(Cl)cc5Cl)n4)c([N+](=O)[O-])c3)c2=O)=N1. The number of thiazole rings is 1. The van der Waals surface area contributed by atoms with E-state index < -0.39 is 22.5 Å². The molecule has 6 rings (SSSR count). The molecule has 256 valence electrons. The standard InChI is InChI=1S/C34H28Cl2N6O6S2/c1-4-8-23-28(32(44)48-5-2)29(21-9-6-7-10-25(21)47-3)41-31(43)27(50-34(41)37-23)16-18-11-14-26(24(15-18)42(45)46)49-33-38-30(39-40-33)20-13-12-19(35)17-22(20)36/h6-7,9-17,29H,4-5,8H2,1-3H3,(H,38,39,40)/b27-16+/t29-/m1/s1. The van der Waals surface area contributed by atoms with E-state index in [1.807, 2.05) is 6.92 Å². The van der Waals surface area contributed by atoms with Crippen molar-refractivity contribution in [3.8, 4) is 17.1 Å². The van der Waals surface area contributed by atoms with E-state index >= 15 is 0 Å². The van der Waals surface area contributed by atoms with E-state index in [-0.39, 0.29) is 27.6 Å². The van der Waals surface area contributed by atoms with E-state index in [0.717, 1.165) is 23.1 Å². The quantitative estimate of drug-likeness (QED) is 0.0878. The number of nitrogens with one attached hydrogen (secondary N) is 1. The molecule has 3 aromatic carbocycles. The van der Waals surface area contributed by atoms with E-state index in [4.69, 9.17) is 37.7 Å². The minimum absolute atomic E-state index is 0.145. The van der Waals surface area contributed by atoms with Gasteiger partial charge in [-0.3, -0.25) is 24.6 Å². The largest absolute Gasteiger partial charge is 0.496 e. The lowest BCUT2D eigenvalue weighted by Crippen LogP contribution is -2.40. The Hall–Kier alpha value is -4.76. The summed E-state index contributed by atoms with van der Waals surface area (Å²) in [7, 11) is 1.52. The van der Waals surface area contributed by atoms with Gasteiger partial charge in [-0.15, -0.1) is 5.10 Å². The number of H-pyrrole nitrogens is 1. The molecule has 0 radical (unpaired) electrons. The van der Waals surface area contributed by atoms with E-state index in [2.05, 4.69) is 15.2 Å². The number of allylic oxidation sites excluding steroid dienone is 1. The molecule has 0 amide bonds. The molecular formula is C34H28Cl2N6O6S2. The Labute approximate surface area is 303 Å². The fourth-order valence-corrected chi connectivity index (χ4v) is 7.82. The minimum atomic E-state index is -0.868. The number of rotatable bonds is 11. The van der Waals surface area contributed by atoms with Crippen LogP contribution >= 0.6 is 46.3 Å². The van der Waals surface area contributed by atoms with Crippen LogP contribution in [0.25, 0.3) is 17.5 Å². The maximum atomic E-state index is 14.2. The van der Waals surface area contributed by atoms with Gasteiger partial charge in [0.1, 0.15) is 11.8 Å². The van der Waals surface area contributed by atoms with Crippen LogP contribution in [-0.2, 0) is 9.53 Å². The summed E-state index contributed by atoms with van der Waals surface area (Å²) in [6.07, 6.45) is 2.76. The van der Waals surface area contributed by atoms with Crippen molar-refractivity contribution in [2.75, 3.05) is 13.7 Å². The summed E-state index contributed by atoms with van der Waals surface area (Å²) < 4.78 is 12.8. The number of ether oxygens (including phenoxy) is 2. The molecule has 0 fully saturated rings. The number of benzene rings is 3. The predicted octanol–water partition coefficient (Wildman–Crippen LogP) is 6.74. The lowest BCUT2D eigenvalue weighted by Gasteiger charge is -2.26. The molecule has 16 heteroatoms. The maximum Gasteiger partial charge on any atom is 0.338 e. The van der Waals surface area contributed by atoms with E-state index in [1.54, 1.807) is 67.6 Å². The fourth-order valence-electron chi connectivity index (χ4n) is 5.50. The van der Waals surface area contributed by atoms with Crippen LogP contribution in [0.5, 0.6) is 5.75 Å². The monoisotopic (exact) mass is 750 g/mol. The Morgan fingerprint density at radius 1 is 1.16 bits per heavy atom. The number of fused-ring (bicyclic) bond motifs is 1. The third-order valence-electron chi connectivity index (χ3n) is 7.66. The summed E-state index contributed by atoms with van der Waals surface area (Å²) in [5.41, 5.74) is 1.77. The van der Waals surface area contributed by atoms with Crippen molar-refractivity contribution in [2.45, 2.75) is 42.8 Å². The van der Waals surface area contributed by atoms with Gasteiger partial charge in [-0.2, -0.15) is 0 Å². The molecule has 2 aromatic heterocycles. The summed E-state index contributed by atoms with van der Waals surface area (Å²) >= 11 is 14.4. The van der Waals surface area contributed by atoms with Gasteiger partial charge in [-0.25, -0.2) is 14.8 Å². The number of para-hydroxylation sites is 1. The van der Waals surface area contributed by atoms with Crippen molar-refractivity contribution < 1.29 is 19.2 Å². The number of aromatic nitrogens is 4. The van der Waals surface area contributed by atoms with Crippen molar-refractivity contribution in [1.29, 1.82) is 0 Å². The Morgan fingerprint density at radius 3 is 2.68 bits per heavy atom. The number of aromatic amines is 1. The molecule has 12 nitrogen and oxygen atoms in total. The van der Waals surface area contributed by atoms with Gasteiger partial charge in [0.25, 0.3) is 11.2 Å². The second-order valence-electron chi connectivity index (χ2n) is 10.8. The third-order valence-corrected chi connectivity index (χ3v) is 10.1. The zero-order chi connectivity index (χ0) is 35.5. The number of methoxy groups -OCH3 is 1. The highest BCUT2D eigenvalue weighted by Gasteiger charge is 2.36. The summed E-state index contributed by atoms with van der Waals surface area (Å²) in [6.45, 7) is 3.84. The van der Waals surface area contributed by atoms with E-state index in [9.17, 15) is 19.7 Å². The molecule has 3 heterocycles. The second kappa shape index (κ2) is 15.0. The molecule has 50 heavy (non-hydrogen) atoms. The van der Waals surface area contributed by atoms with Crippen LogP contribution in [0.4, 0.5) is 5.69 Å². The Morgan fingerprint density at radius 2 is 1.96 bits per heavy atom. The molecule has 0 saturated carbocycles. The highest BCUT2D eigenvalue weighted by atomic mass is 35.5. The van der Waals surface area contributed by atoms with Gasteiger partial charge >= 0.3 is 5.97 Å². The number of nitro groups is 1. The number of hydrogen-bond donors (Lipinski definition) is 1. The first-order valence-corrected chi connectivity index (χ1v) is 17.7. The predicted molar refractivity (Wildman–Crippen MR) is 192 cm³/mol. The van der Waals surface area contributed by atoms with Crippen LogP contribution in [0.2, 0.25) is 10.0 Å².